The number of carbonyl (C=O) groups excluding carboxylic acids is 2. The van der Waals surface area contributed by atoms with Crippen molar-refractivity contribution < 1.29 is 24.2 Å². The maximum absolute atomic E-state index is 12.2. The summed E-state index contributed by atoms with van der Waals surface area (Å²) in [4.78, 5) is 25.0. The predicted octanol–water partition coefficient (Wildman–Crippen LogP) is 2.32. The van der Waals surface area contributed by atoms with Crippen molar-refractivity contribution in [3.05, 3.63) is 65.9 Å². The van der Waals surface area contributed by atoms with Crippen molar-refractivity contribution in [2.45, 2.75) is 13.5 Å². The molecule has 7 heteroatoms. The van der Waals surface area contributed by atoms with Crippen LogP contribution in [0.15, 0.2) is 60.3 Å². The standard InChI is InChI=1S/C21H22N2O5/c1-2-27-17-6-8-18(9-7-17)28-14-15-4-3-5-16(12-15)22-19-13-20(25)23(10-11-24)21(19)26/h3-9,12-13,22,24H,2,10-11,14H2,1H3. The maximum atomic E-state index is 12.2. The van der Waals surface area contributed by atoms with Gasteiger partial charge in [-0.25, -0.2) is 0 Å². The predicted molar refractivity (Wildman–Crippen MR) is 104 cm³/mol. The van der Waals surface area contributed by atoms with E-state index < -0.39 is 11.8 Å². The van der Waals surface area contributed by atoms with E-state index in [1.165, 1.54) is 6.08 Å². The number of imide groups is 1. The van der Waals surface area contributed by atoms with Crippen LogP contribution in [0.2, 0.25) is 0 Å². The first-order valence-corrected chi connectivity index (χ1v) is 9.00. The zero-order chi connectivity index (χ0) is 19.9. The first-order chi connectivity index (χ1) is 13.6. The van der Waals surface area contributed by atoms with Gasteiger partial charge in [0.25, 0.3) is 11.8 Å². The minimum atomic E-state index is -0.449. The summed E-state index contributed by atoms with van der Waals surface area (Å²) in [6, 6.07) is 14.8. The van der Waals surface area contributed by atoms with Crippen LogP contribution < -0.4 is 14.8 Å². The number of benzene rings is 2. The minimum Gasteiger partial charge on any atom is -0.494 e. The van der Waals surface area contributed by atoms with Gasteiger partial charge in [-0.05, 0) is 48.9 Å². The third kappa shape index (κ3) is 4.69. The summed E-state index contributed by atoms with van der Waals surface area (Å²) in [7, 11) is 0. The van der Waals surface area contributed by atoms with Crippen LogP contribution in [-0.4, -0.2) is 41.6 Å². The van der Waals surface area contributed by atoms with Crippen molar-refractivity contribution in [2.24, 2.45) is 0 Å². The molecular formula is C21H22N2O5. The van der Waals surface area contributed by atoms with E-state index in [1.807, 2.05) is 49.4 Å². The highest BCUT2D eigenvalue weighted by Gasteiger charge is 2.30. The van der Waals surface area contributed by atoms with Gasteiger partial charge in [0.15, 0.2) is 0 Å². The second-order valence-corrected chi connectivity index (χ2v) is 6.10. The molecule has 0 atom stereocenters. The number of aliphatic hydroxyl groups is 1. The highest BCUT2D eigenvalue weighted by Crippen LogP contribution is 2.21. The van der Waals surface area contributed by atoms with E-state index in [4.69, 9.17) is 14.6 Å². The van der Waals surface area contributed by atoms with Gasteiger partial charge in [-0.1, -0.05) is 12.1 Å². The molecule has 2 N–H and O–H groups in total. The Morgan fingerprint density at radius 2 is 1.75 bits per heavy atom. The van der Waals surface area contributed by atoms with Crippen molar-refractivity contribution >= 4 is 17.5 Å². The molecule has 0 aromatic heterocycles. The number of amides is 2. The van der Waals surface area contributed by atoms with E-state index in [-0.39, 0.29) is 18.8 Å². The van der Waals surface area contributed by atoms with Crippen LogP contribution in [0.1, 0.15) is 12.5 Å². The van der Waals surface area contributed by atoms with E-state index in [2.05, 4.69) is 5.32 Å². The molecule has 0 aliphatic carbocycles. The first kappa shape index (κ1) is 19.4. The fourth-order valence-electron chi connectivity index (χ4n) is 2.77. The van der Waals surface area contributed by atoms with Crippen LogP contribution in [0.25, 0.3) is 0 Å². The smallest absolute Gasteiger partial charge is 0.277 e. The minimum absolute atomic E-state index is 0.0185. The summed E-state index contributed by atoms with van der Waals surface area (Å²) < 4.78 is 11.2. The summed E-state index contributed by atoms with van der Waals surface area (Å²) in [5.41, 5.74) is 1.76. The molecule has 7 nitrogen and oxygen atoms in total. The van der Waals surface area contributed by atoms with Crippen LogP contribution in [0, 0.1) is 0 Å². The average molecular weight is 382 g/mol. The fourth-order valence-corrected chi connectivity index (χ4v) is 2.77. The summed E-state index contributed by atoms with van der Waals surface area (Å²) in [6.45, 7) is 2.61. The van der Waals surface area contributed by atoms with Gasteiger partial charge in [-0.15, -0.1) is 0 Å². The van der Waals surface area contributed by atoms with Gasteiger partial charge in [0, 0.05) is 11.8 Å². The zero-order valence-corrected chi connectivity index (χ0v) is 15.6. The number of nitrogens with zero attached hydrogens (tertiary/aromatic N) is 1. The molecule has 0 saturated heterocycles. The average Bonchev–Trinajstić information content (AvgIpc) is 2.96. The van der Waals surface area contributed by atoms with Gasteiger partial charge in [-0.2, -0.15) is 0 Å². The van der Waals surface area contributed by atoms with Gasteiger partial charge in [0.05, 0.1) is 19.8 Å². The monoisotopic (exact) mass is 382 g/mol. The number of nitrogens with one attached hydrogen (secondary N) is 1. The molecule has 2 aromatic rings. The number of hydrogen-bond acceptors (Lipinski definition) is 6. The molecule has 0 bridgehead atoms. The number of anilines is 1. The Balaban J connectivity index is 1.60. The van der Waals surface area contributed by atoms with Gasteiger partial charge in [0.2, 0.25) is 0 Å². The molecule has 3 rings (SSSR count). The Hall–Kier alpha value is -3.32. The van der Waals surface area contributed by atoms with Crippen LogP contribution in [0.4, 0.5) is 5.69 Å². The number of ether oxygens (including phenoxy) is 2. The number of rotatable bonds is 9. The van der Waals surface area contributed by atoms with Gasteiger partial charge in [0.1, 0.15) is 23.8 Å². The molecule has 0 fully saturated rings. The quantitative estimate of drug-likeness (QED) is 0.647. The molecule has 2 aromatic carbocycles. The molecule has 0 unspecified atom stereocenters. The van der Waals surface area contributed by atoms with Gasteiger partial charge >= 0.3 is 0 Å². The highest BCUT2D eigenvalue weighted by atomic mass is 16.5. The Morgan fingerprint density at radius 3 is 2.43 bits per heavy atom. The highest BCUT2D eigenvalue weighted by molar-refractivity contribution is 6.17. The lowest BCUT2D eigenvalue weighted by atomic mass is 10.2. The van der Waals surface area contributed by atoms with Crippen LogP contribution in [0.3, 0.4) is 0 Å². The molecule has 28 heavy (non-hydrogen) atoms. The molecule has 2 amide bonds. The normalized spacial score (nSPS) is 13.5. The Morgan fingerprint density at radius 1 is 1.04 bits per heavy atom. The lowest BCUT2D eigenvalue weighted by Gasteiger charge is -2.14. The van der Waals surface area contributed by atoms with E-state index in [0.717, 1.165) is 22.0 Å². The van der Waals surface area contributed by atoms with Crippen molar-refractivity contribution in [3.63, 3.8) is 0 Å². The summed E-state index contributed by atoms with van der Waals surface area (Å²) in [5, 5.41) is 11.9. The molecule has 1 heterocycles. The Kier molecular flexibility index (Phi) is 6.29. The van der Waals surface area contributed by atoms with Crippen molar-refractivity contribution in [3.8, 4) is 11.5 Å². The second-order valence-electron chi connectivity index (χ2n) is 6.10. The lowest BCUT2D eigenvalue weighted by molar-refractivity contribution is -0.137. The molecular weight excluding hydrogens is 360 g/mol. The maximum Gasteiger partial charge on any atom is 0.277 e. The first-order valence-electron chi connectivity index (χ1n) is 9.00. The number of β-amino-alcohol motifs (C(OH)–C–C–N with tert-alkyl or cyclic N) is 1. The third-order valence-corrected chi connectivity index (χ3v) is 4.08. The van der Waals surface area contributed by atoms with Crippen molar-refractivity contribution in [1.29, 1.82) is 0 Å². The number of carbonyl (C=O) groups is 2. The fraction of sp³-hybridized carbons (Fsp3) is 0.238. The molecule has 0 saturated carbocycles. The van der Waals surface area contributed by atoms with Crippen LogP contribution in [0.5, 0.6) is 11.5 Å². The molecule has 146 valence electrons. The molecule has 0 radical (unpaired) electrons. The zero-order valence-electron chi connectivity index (χ0n) is 15.6. The molecule has 1 aliphatic rings. The van der Waals surface area contributed by atoms with E-state index in [0.29, 0.717) is 18.9 Å². The second kappa shape index (κ2) is 9.05. The van der Waals surface area contributed by atoms with Crippen molar-refractivity contribution in [1.82, 2.24) is 4.90 Å². The summed E-state index contributed by atoms with van der Waals surface area (Å²) >= 11 is 0. The summed E-state index contributed by atoms with van der Waals surface area (Å²) in [5.74, 6) is 0.632. The Bertz CT molecular complexity index is 877. The van der Waals surface area contributed by atoms with Gasteiger partial charge < -0.3 is 19.9 Å². The van der Waals surface area contributed by atoms with E-state index in [1.54, 1.807) is 6.07 Å². The van der Waals surface area contributed by atoms with Crippen LogP contribution >= 0.6 is 0 Å². The van der Waals surface area contributed by atoms with Crippen LogP contribution in [-0.2, 0) is 16.2 Å². The third-order valence-electron chi connectivity index (χ3n) is 4.08. The van der Waals surface area contributed by atoms with E-state index >= 15 is 0 Å². The topological polar surface area (TPSA) is 88.1 Å². The Labute approximate surface area is 163 Å². The number of hydrogen-bond donors (Lipinski definition) is 2. The van der Waals surface area contributed by atoms with E-state index in [9.17, 15) is 9.59 Å². The molecule has 0 spiro atoms. The largest absolute Gasteiger partial charge is 0.494 e. The summed E-state index contributed by atoms with van der Waals surface area (Å²) in [6.07, 6.45) is 1.24. The number of aliphatic hydroxyl groups excluding tert-OH is 1. The van der Waals surface area contributed by atoms with Gasteiger partial charge in [-0.3, -0.25) is 14.5 Å². The lowest BCUT2D eigenvalue weighted by Crippen LogP contribution is -2.34. The molecule has 1 aliphatic heterocycles. The SMILES string of the molecule is CCOc1ccc(OCc2cccc(NC3=CC(=O)N(CCO)C3=O)c2)cc1. The van der Waals surface area contributed by atoms with Crippen molar-refractivity contribution in [2.75, 3.05) is 25.1 Å².